The summed E-state index contributed by atoms with van der Waals surface area (Å²) in [6, 6.07) is 30.5. The maximum absolute atomic E-state index is 12.8. The van der Waals surface area contributed by atoms with Crippen LogP contribution >= 0.6 is 17.2 Å². The van der Waals surface area contributed by atoms with Crippen LogP contribution in [-0.4, -0.2) is 12.2 Å². The van der Waals surface area contributed by atoms with Gasteiger partial charge in [-0.3, -0.25) is 0 Å². The summed E-state index contributed by atoms with van der Waals surface area (Å²) in [6.45, 7) is 5.75. The van der Waals surface area contributed by atoms with Gasteiger partial charge in [0.2, 0.25) is 0 Å². The van der Waals surface area contributed by atoms with Crippen LogP contribution in [0.3, 0.4) is 0 Å². The third-order valence-electron chi connectivity index (χ3n) is 5.10. The van der Waals surface area contributed by atoms with Crippen molar-refractivity contribution >= 4 is 39.0 Å². The van der Waals surface area contributed by atoms with Gasteiger partial charge in [-0.2, -0.15) is 0 Å². The summed E-state index contributed by atoms with van der Waals surface area (Å²) in [7, 11) is 0. The Labute approximate surface area is 172 Å². The number of benzene rings is 3. The zero-order valence-electron chi connectivity index (χ0n) is 16.6. The van der Waals surface area contributed by atoms with E-state index in [2.05, 4.69) is 41.7 Å². The zero-order valence-corrected chi connectivity index (χ0v) is 18.3. The molecule has 28 heavy (non-hydrogen) atoms. The number of carbonyl (C=O) groups is 1. The molecule has 0 saturated carbocycles. The van der Waals surface area contributed by atoms with Crippen LogP contribution in [0.1, 0.15) is 20.8 Å². The third kappa shape index (κ3) is 3.60. The first-order valence-corrected chi connectivity index (χ1v) is 12.8. The van der Waals surface area contributed by atoms with Gasteiger partial charge in [-0.1, -0.05) is 0 Å². The van der Waals surface area contributed by atoms with Crippen LogP contribution in [-0.2, 0) is 4.79 Å². The Balaban J connectivity index is 2.29. The molecule has 3 aromatic carbocycles. The van der Waals surface area contributed by atoms with Gasteiger partial charge in [-0.25, -0.2) is 0 Å². The molecule has 0 aromatic heterocycles. The Morgan fingerprint density at radius 3 is 1.36 bits per heavy atom. The average molecular weight is 412 g/mol. The van der Waals surface area contributed by atoms with Gasteiger partial charge < -0.3 is 0 Å². The number of nitrogens with one attached hydrogen (secondary N) is 1. The van der Waals surface area contributed by atoms with E-state index in [0.29, 0.717) is 6.29 Å². The molecular formula is C24H27ClNOP. The number of amides is 1. The van der Waals surface area contributed by atoms with Crippen molar-refractivity contribution in [3.8, 4) is 0 Å². The molecule has 0 fully saturated rings. The Bertz CT molecular complexity index is 837. The summed E-state index contributed by atoms with van der Waals surface area (Å²) in [4.78, 5) is 12.8. The van der Waals surface area contributed by atoms with E-state index in [4.69, 9.17) is 11.2 Å². The molecule has 0 aliphatic rings. The first-order valence-electron chi connectivity index (χ1n) is 9.45. The summed E-state index contributed by atoms with van der Waals surface area (Å²) < 4.78 is 0. The predicted molar refractivity (Wildman–Crippen MR) is 123 cm³/mol. The Morgan fingerprint density at radius 1 is 0.750 bits per heavy atom. The van der Waals surface area contributed by atoms with Crippen molar-refractivity contribution in [2.75, 3.05) is 6.29 Å². The van der Waals surface area contributed by atoms with Gasteiger partial charge in [0.25, 0.3) is 0 Å². The molecule has 0 aliphatic carbocycles. The second kappa shape index (κ2) is 7.70. The first kappa shape index (κ1) is 20.6. The van der Waals surface area contributed by atoms with Crippen LogP contribution < -0.4 is 21.2 Å². The molecule has 0 heterocycles. The SMILES string of the molecule is CC(C)(C)C(=O)NCP(Cl)(c1ccccc1)(c1ccccc1)c1ccccc1. The van der Waals surface area contributed by atoms with Gasteiger partial charge in [0.1, 0.15) is 0 Å². The fraction of sp³-hybridized carbons (Fsp3) is 0.208. The molecule has 1 N–H and O–H groups in total. The molecule has 2 nitrogen and oxygen atoms in total. The van der Waals surface area contributed by atoms with Crippen LogP contribution in [0.2, 0.25) is 0 Å². The quantitative estimate of drug-likeness (QED) is 0.601. The molecule has 3 rings (SSSR count). The van der Waals surface area contributed by atoms with Gasteiger partial charge in [-0.05, 0) is 0 Å². The summed E-state index contributed by atoms with van der Waals surface area (Å²) in [5, 5.41) is 6.32. The molecule has 0 bridgehead atoms. The van der Waals surface area contributed by atoms with Gasteiger partial charge in [0.05, 0.1) is 0 Å². The van der Waals surface area contributed by atoms with Crippen molar-refractivity contribution in [3.05, 3.63) is 91.0 Å². The van der Waals surface area contributed by atoms with E-state index in [-0.39, 0.29) is 5.91 Å². The fourth-order valence-electron chi connectivity index (χ4n) is 3.42. The molecule has 0 radical (unpaired) electrons. The van der Waals surface area contributed by atoms with E-state index < -0.39 is 11.4 Å². The van der Waals surface area contributed by atoms with Crippen LogP contribution in [0.25, 0.3) is 0 Å². The topological polar surface area (TPSA) is 29.1 Å². The zero-order chi connectivity index (χ0) is 20.3. The molecule has 4 heteroatoms. The molecule has 146 valence electrons. The summed E-state index contributed by atoms with van der Waals surface area (Å²) in [5.74, 6) is -3.45. The fourth-order valence-corrected chi connectivity index (χ4v) is 8.88. The molecule has 0 unspecified atom stereocenters. The van der Waals surface area contributed by atoms with Crippen LogP contribution in [0.5, 0.6) is 0 Å². The Kier molecular flexibility index (Phi) is 5.66. The van der Waals surface area contributed by atoms with E-state index in [1.165, 1.54) is 0 Å². The molecule has 1 amide bonds. The van der Waals surface area contributed by atoms with Crippen molar-refractivity contribution in [2.45, 2.75) is 20.8 Å². The van der Waals surface area contributed by atoms with Crippen LogP contribution in [0.4, 0.5) is 0 Å². The van der Waals surface area contributed by atoms with Crippen molar-refractivity contribution in [2.24, 2.45) is 5.41 Å². The van der Waals surface area contributed by atoms with Crippen LogP contribution in [0, 0.1) is 5.41 Å². The van der Waals surface area contributed by atoms with Crippen molar-refractivity contribution < 1.29 is 4.79 Å². The standard InChI is InChI=1S/C24H27ClNOP/c1-24(2,3)23(27)26-19-28(25,20-13-7-4-8-14-20,21-15-9-5-10-16-21)22-17-11-6-12-18-22/h4-18H,19H2,1-3H3,(H,26,27). The molecule has 0 atom stereocenters. The van der Waals surface area contributed by atoms with Crippen molar-refractivity contribution in [1.29, 1.82) is 0 Å². The second-order valence-electron chi connectivity index (χ2n) is 8.10. The number of carbonyl (C=O) groups excluding carboxylic acids is 1. The number of halogens is 1. The minimum absolute atomic E-state index is 0.00931. The predicted octanol–water partition coefficient (Wildman–Crippen LogP) is 4.79. The summed E-state index contributed by atoms with van der Waals surface area (Å²) in [5.41, 5.74) is -0.490. The molecule has 3 aromatic rings. The Hall–Kier alpha value is -2.15. The third-order valence-corrected chi connectivity index (χ3v) is 12.1. The van der Waals surface area contributed by atoms with Crippen LogP contribution in [0.15, 0.2) is 91.0 Å². The van der Waals surface area contributed by atoms with Gasteiger partial charge in [0, 0.05) is 0 Å². The van der Waals surface area contributed by atoms with E-state index in [0.717, 1.165) is 15.9 Å². The normalized spacial score (nSPS) is 13.4. The van der Waals surface area contributed by atoms with E-state index in [9.17, 15) is 4.79 Å². The molecule has 0 saturated heterocycles. The summed E-state index contributed by atoms with van der Waals surface area (Å²) >= 11 is 7.88. The van der Waals surface area contributed by atoms with E-state index in [1.54, 1.807) is 0 Å². The van der Waals surface area contributed by atoms with Crippen molar-refractivity contribution in [1.82, 2.24) is 5.32 Å². The van der Waals surface area contributed by atoms with E-state index >= 15 is 0 Å². The monoisotopic (exact) mass is 411 g/mol. The van der Waals surface area contributed by atoms with Crippen molar-refractivity contribution in [3.63, 3.8) is 0 Å². The first-order chi connectivity index (χ1) is 13.3. The molecule has 0 aliphatic heterocycles. The van der Waals surface area contributed by atoms with Gasteiger partial charge in [-0.15, -0.1) is 0 Å². The number of rotatable bonds is 5. The number of hydrogen-bond donors (Lipinski definition) is 1. The summed E-state index contributed by atoms with van der Waals surface area (Å²) in [6.07, 6.45) is 0.362. The minimum atomic E-state index is -3.44. The van der Waals surface area contributed by atoms with Gasteiger partial charge in [0.15, 0.2) is 0 Å². The molecule has 0 spiro atoms. The van der Waals surface area contributed by atoms with E-state index in [1.807, 2.05) is 75.4 Å². The molecular weight excluding hydrogens is 385 g/mol. The average Bonchev–Trinajstić information content (AvgIpc) is 2.73. The maximum atomic E-state index is 12.8. The Morgan fingerprint density at radius 2 is 1.07 bits per heavy atom. The number of hydrogen-bond acceptors (Lipinski definition) is 1. The van der Waals surface area contributed by atoms with Gasteiger partial charge >= 0.3 is 173 Å². The second-order valence-corrected chi connectivity index (χ2v) is 14.6.